The number of hydrogen-bond acceptors (Lipinski definition) is 4. The van der Waals surface area contributed by atoms with Crippen LogP contribution >= 0.6 is 0 Å². The number of aromatic nitrogens is 2. The summed E-state index contributed by atoms with van der Waals surface area (Å²) in [7, 11) is 0. The topological polar surface area (TPSA) is 73.2 Å². The van der Waals surface area contributed by atoms with Gasteiger partial charge in [-0.05, 0) is 40.2 Å². The van der Waals surface area contributed by atoms with Gasteiger partial charge in [-0.3, -0.25) is 4.68 Å². The van der Waals surface area contributed by atoms with Gasteiger partial charge in [-0.2, -0.15) is 5.10 Å². The molecule has 1 atom stereocenters. The van der Waals surface area contributed by atoms with Crippen LogP contribution in [-0.2, 0) is 16.1 Å². The lowest BCUT2D eigenvalue weighted by Gasteiger charge is -2.27. The molecule has 0 aliphatic rings. The number of rotatable bonds is 5. The number of carbonyl (C=O) groups is 2. The molecule has 6 nitrogen and oxygen atoms in total. The van der Waals surface area contributed by atoms with Gasteiger partial charge < -0.3 is 14.8 Å². The molecular weight excluding hydrogens is 246 g/mol. The molecule has 1 unspecified atom stereocenters. The zero-order valence-corrected chi connectivity index (χ0v) is 11.8. The summed E-state index contributed by atoms with van der Waals surface area (Å²) in [6.07, 6.45) is 4.04. The number of nitrogens with zero attached hydrogens (tertiary/aromatic N) is 2. The SMILES string of the molecule is CC(C=O)(CCn1cccn1)NC(=O)OC(C)(C)C. The normalized spacial score (nSPS) is 14.5. The zero-order valence-electron chi connectivity index (χ0n) is 11.8. The van der Waals surface area contributed by atoms with E-state index in [0.717, 1.165) is 6.29 Å². The second kappa shape index (κ2) is 5.86. The number of aldehydes is 1. The molecule has 0 bridgehead atoms. The highest BCUT2D eigenvalue weighted by Crippen LogP contribution is 2.12. The van der Waals surface area contributed by atoms with E-state index in [2.05, 4.69) is 10.4 Å². The molecule has 1 rings (SSSR count). The zero-order chi connectivity index (χ0) is 14.5. The van der Waals surface area contributed by atoms with Gasteiger partial charge in [0.05, 0.1) is 5.54 Å². The molecule has 1 amide bonds. The lowest BCUT2D eigenvalue weighted by Crippen LogP contribution is -2.49. The Labute approximate surface area is 113 Å². The molecule has 0 saturated carbocycles. The van der Waals surface area contributed by atoms with Crippen molar-refractivity contribution in [3.8, 4) is 0 Å². The third-order valence-electron chi connectivity index (χ3n) is 2.47. The predicted octanol–water partition coefficient (Wildman–Crippen LogP) is 1.76. The predicted molar refractivity (Wildman–Crippen MR) is 70.7 cm³/mol. The van der Waals surface area contributed by atoms with Crippen LogP contribution < -0.4 is 5.32 Å². The Morgan fingerprint density at radius 3 is 2.58 bits per heavy atom. The summed E-state index contributed by atoms with van der Waals surface area (Å²) >= 11 is 0. The van der Waals surface area contributed by atoms with E-state index >= 15 is 0 Å². The molecule has 1 aromatic heterocycles. The van der Waals surface area contributed by atoms with E-state index in [1.807, 2.05) is 0 Å². The van der Waals surface area contributed by atoms with E-state index in [9.17, 15) is 9.59 Å². The quantitative estimate of drug-likeness (QED) is 0.825. The van der Waals surface area contributed by atoms with Crippen molar-refractivity contribution >= 4 is 12.4 Å². The monoisotopic (exact) mass is 267 g/mol. The smallest absolute Gasteiger partial charge is 0.408 e. The largest absolute Gasteiger partial charge is 0.444 e. The fourth-order valence-corrected chi connectivity index (χ4v) is 1.47. The van der Waals surface area contributed by atoms with E-state index in [-0.39, 0.29) is 0 Å². The van der Waals surface area contributed by atoms with Crippen molar-refractivity contribution in [2.45, 2.75) is 51.8 Å². The number of aryl methyl sites for hydroxylation is 1. The Balaban J connectivity index is 2.54. The summed E-state index contributed by atoms with van der Waals surface area (Å²) in [5, 5.41) is 6.64. The molecule has 0 aliphatic carbocycles. The average molecular weight is 267 g/mol. The van der Waals surface area contributed by atoms with E-state index in [4.69, 9.17) is 4.74 Å². The lowest BCUT2D eigenvalue weighted by molar-refractivity contribution is -0.113. The molecule has 0 radical (unpaired) electrons. The van der Waals surface area contributed by atoms with Gasteiger partial charge in [-0.25, -0.2) is 4.79 Å². The van der Waals surface area contributed by atoms with Crippen LogP contribution in [0, 0.1) is 0 Å². The number of alkyl carbamates (subject to hydrolysis) is 1. The van der Waals surface area contributed by atoms with Gasteiger partial charge in [0.25, 0.3) is 0 Å². The van der Waals surface area contributed by atoms with Crippen molar-refractivity contribution in [1.29, 1.82) is 0 Å². The average Bonchev–Trinajstić information content (AvgIpc) is 2.76. The van der Waals surface area contributed by atoms with Crippen molar-refractivity contribution in [2.24, 2.45) is 0 Å². The van der Waals surface area contributed by atoms with Crippen molar-refractivity contribution < 1.29 is 14.3 Å². The standard InChI is InChI=1S/C13H21N3O3/c1-12(2,3)19-11(18)15-13(4,10-17)6-9-16-8-5-7-14-16/h5,7-8,10H,6,9H2,1-4H3,(H,15,18). The summed E-state index contributed by atoms with van der Waals surface area (Å²) in [5.74, 6) is 0. The summed E-state index contributed by atoms with van der Waals surface area (Å²) in [5.41, 5.74) is -1.55. The first-order valence-corrected chi connectivity index (χ1v) is 6.19. The molecule has 1 N–H and O–H groups in total. The van der Waals surface area contributed by atoms with Gasteiger partial charge in [0.1, 0.15) is 11.9 Å². The third-order valence-corrected chi connectivity index (χ3v) is 2.47. The van der Waals surface area contributed by atoms with Gasteiger partial charge in [-0.15, -0.1) is 0 Å². The number of nitrogens with one attached hydrogen (secondary N) is 1. The summed E-state index contributed by atoms with van der Waals surface area (Å²) < 4.78 is 6.85. The first-order valence-electron chi connectivity index (χ1n) is 6.19. The van der Waals surface area contributed by atoms with Crippen molar-refractivity contribution in [2.75, 3.05) is 0 Å². The van der Waals surface area contributed by atoms with Crippen LogP contribution in [0.5, 0.6) is 0 Å². The van der Waals surface area contributed by atoms with Gasteiger partial charge in [0.15, 0.2) is 0 Å². The first kappa shape index (κ1) is 15.2. The van der Waals surface area contributed by atoms with Crippen LogP contribution in [0.4, 0.5) is 4.79 Å². The maximum Gasteiger partial charge on any atom is 0.408 e. The molecule has 0 aromatic carbocycles. The first-order chi connectivity index (χ1) is 8.74. The maximum atomic E-state index is 11.7. The molecular formula is C13H21N3O3. The van der Waals surface area contributed by atoms with E-state index < -0.39 is 17.2 Å². The van der Waals surface area contributed by atoms with Crippen molar-refractivity contribution in [1.82, 2.24) is 15.1 Å². The molecule has 1 aromatic rings. The fraction of sp³-hybridized carbons (Fsp3) is 0.615. The third kappa shape index (κ3) is 5.54. The van der Waals surface area contributed by atoms with E-state index in [1.54, 1.807) is 50.8 Å². The van der Waals surface area contributed by atoms with Gasteiger partial charge >= 0.3 is 6.09 Å². The molecule has 6 heteroatoms. The molecule has 0 saturated heterocycles. The Hall–Kier alpha value is -1.85. The van der Waals surface area contributed by atoms with E-state index in [0.29, 0.717) is 13.0 Å². The van der Waals surface area contributed by atoms with Crippen molar-refractivity contribution in [3.05, 3.63) is 18.5 Å². The van der Waals surface area contributed by atoms with Gasteiger partial charge in [0.2, 0.25) is 0 Å². The Kier molecular flexibility index (Phi) is 4.69. The molecule has 0 spiro atoms. The minimum atomic E-state index is -0.964. The molecule has 0 fully saturated rings. The van der Waals surface area contributed by atoms with Crippen LogP contribution in [0.1, 0.15) is 34.1 Å². The summed E-state index contributed by atoms with van der Waals surface area (Å²) in [6.45, 7) is 7.52. The van der Waals surface area contributed by atoms with Crippen LogP contribution in [0.25, 0.3) is 0 Å². The number of amides is 1. The Morgan fingerprint density at radius 1 is 1.42 bits per heavy atom. The molecule has 0 aliphatic heterocycles. The second-order valence-corrected chi connectivity index (χ2v) is 5.68. The number of carbonyl (C=O) groups excluding carboxylic acids is 2. The maximum absolute atomic E-state index is 11.7. The highest BCUT2D eigenvalue weighted by molar-refractivity contribution is 5.76. The second-order valence-electron chi connectivity index (χ2n) is 5.68. The highest BCUT2D eigenvalue weighted by atomic mass is 16.6. The van der Waals surface area contributed by atoms with Crippen LogP contribution in [-0.4, -0.2) is 33.3 Å². The van der Waals surface area contributed by atoms with Gasteiger partial charge in [0, 0.05) is 18.9 Å². The minimum absolute atomic E-state index is 0.442. The number of ether oxygens (including phenoxy) is 1. The van der Waals surface area contributed by atoms with E-state index in [1.165, 1.54) is 0 Å². The summed E-state index contributed by atoms with van der Waals surface area (Å²) in [4.78, 5) is 22.9. The Bertz CT molecular complexity index is 423. The summed E-state index contributed by atoms with van der Waals surface area (Å²) in [6, 6.07) is 1.81. The van der Waals surface area contributed by atoms with Crippen molar-refractivity contribution in [3.63, 3.8) is 0 Å². The molecule has 1 heterocycles. The Morgan fingerprint density at radius 2 is 2.11 bits per heavy atom. The molecule has 106 valence electrons. The van der Waals surface area contributed by atoms with Crippen LogP contribution in [0.15, 0.2) is 18.5 Å². The number of hydrogen-bond donors (Lipinski definition) is 1. The minimum Gasteiger partial charge on any atom is -0.444 e. The van der Waals surface area contributed by atoms with Crippen LogP contribution in [0.2, 0.25) is 0 Å². The lowest BCUT2D eigenvalue weighted by atomic mass is 10.0. The highest BCUT2D eigenvalue weighted by Gasteiger charge is 2.28. The molecule has 19 heavy (non-hydrogen) atoms. The van der Waals surface area contributed by atoms with Crippen LogP contribution in [0.3, 0.4) is 0 Å². The van der Waals surface area contributed by atoms with Gasteiger partial charge in [-0.1, -0.05) is 0 Å². The fourth-order valence-electron chi connectivity index (χ4n) is 1.47.